The fraction of sp³-hybridized carbons (Fsp3) is 0.825. The van der Waals surface area contributed by atoms with Crippen molar-refractivity contribution in [3.8, 4) is 0 Å². The number of aliphatic hydroxyl groups is 1. The van der Waals surface area contributed by atoms with Gasteiger partial charge in [-0.1, -0.05) is 104 Å². The van der Waals surface area contributed by atoms with Crippen LogP contribution < -0.4 is 21.3 Å². The van der Waals surface area contributed by atoms with E-state index in [0.717, 1.165) is 9.80 Å². The van der Waals surface area contributed by atoms with Crippen LogP contribution in [0.25, 0.3) is 0 Å². The zero-order valence-corrected chi connectivity index (χ0v) is 57.2. The van der Waals surface area contributed by atoms with E-state index in [2.05, 4.69) is 21.3 Å². The number of hydrogen-bond donors (Lipinski definition) is 5. The van der Waals surface area contributed by atoms with Gasteiger partial charge in [0.1, 0.15) is 54.4 Å². The van der Waals surface area contributed by atoms with Gasteiger partial charge in [-0.15, -0.1) is 0 Å². The Morgan fingerprint density at radius 1 is 0.465 bits per heavy atom. The van der Waals surface area contributed by atoms with Gasteiger partial charge in [0, 0.05) is 61.7 Å². The van der Waals surface area contributed by atoms with Gasteiger partial charge < -0.3 is 60.7 Å². The lowest BCUT2D eigenvalue weighted by molar-refractivity contribution is -0.157. The van der Waals surface area contributed by atoms with Crippen LogP contribution in [0.5, 0.6) is 0 Å². The van der Waals surface area contributed by atoms with Crippen LogP contribution in [-0.4, -0.2) is 234 Å². The first-order valence-corrected chi connectivity index (χ1v) is 31.3. The number of nitrogens with zero attached hydrogens (tertiary/aromatic N) is 7. The molecule has 1 heterocycles. The standard InChI is InChI=1S/C63H115N11O12/c1-26-44-59(82)68(19)43(17)58(81)69(20)46(30-35(4)5)55(78)67-50(38(10)11)62(85)70(21)45(29-34(2)3)54(77)65-42(16)49(75)33-41(15)57(80)71(22)47(31-36(6)7)60(83)72(23)48(32-37(8)9)61(84)73(24)51(39(12)13)63(86)74(25)52(56(79)66-44)53(76)40(14)27-28-64-18/h34-48,50-53,64,76H,26-33H2,1-25H3,(H,65,77)(H,66,79)(H,67,78)/t40-,41-,42-,43-,44-,45-,46+,47-,48-,50-,51-,52-,53-/m1/s1. The number of aliphatic hydroxyl groups excluding tert-OH is 1. The van der Waals surface area contributed by atoms with Crippen LogP contribution in [0.3, 0.4) is 0 Å². The van der Waals surface area contributed by atoms with Crippen molar-refractivity contribution in [2.75, 3.05) is 62.9 Å². The summed E-state index contributed by atoms with van der Waals surface area (Å²) in [6.45, 7) is 30.3. The number of hydrogen-bond acceptors (Lipinski definition) is 13. The Balaban J connectivity index is 4.36. The Bertz CT molecular complexity index is 2310. The Kier molecular flexibility index (Phi) is 32.2. The molecule has 0 unspecified atom stereocenters. The van der Waals surface area contributed by atoms with Crippen LogP contribution in [-0.2, 0) is 52.7 Å². The number of ketones is 1. The smallest absolute Gasteiger partial charge is 0.246 e. The average molecular weight is 1220 g/mol. The quantitative estimate of drug-likeness (QED) is 0.148. The van der Waals surface area contributed by atoms with Crippen molar-refractivity contribution in [1.82, 2.24) is 55.6 Å². The van der Waals surface area contributed by atoms with E-state index in [4.69, 9.17) is 0 Å². The SMILES string of the molecule is CC[C@H]1NC(=O)[C@@H]([C@H](O)[C@H](C)CCNC)N(C)C(=O)[C@@H](C(C)C)N(C)C(=O)[C@@H](CC(C)C)N(C)C(=O)[C@@H](CC(C)C)N(C)C(=O)[C@H](C)CC(=O)[C@@H](C)NC(=O)[C@@H](CC(C)C)N(C)C(=O)[C@@H](C(C)C)NC(=O)[C@H](CC(C)C)N(C)C(=O)[C@@H](C)N(C)C1=O. The molecule has 0 radical (unpaired) electrons. The fourth-order valence-electron chi connectivity index (χ4n) is 11.2. The number of amides is 10. The van der Waals surface area contributed by atoms with Gasteiger partial charge >= 0.3 is 0 Å². The van der Waals surface area contributed by atoms with E-state index in [9.17, 15) is 48.3 Å². The van der Waals surface area contributed by atoms with Gasteiger partial charge in [-0.3, -0.25) is 52.7 Å². The minimum atomic E-state index is -1.61. The average Bonchev–Trinajstić information content (AvgIpc) is 2.21. The van der Waals surface area contributed by atoms with E-state index >= 15 is 9.59 Å². The molecule has 0 aliphatic carbocycles. The molecule has 494 valence electrons. The van der Waals surface area contributed by atoms with E-state index in [1.54, 1.807) is 55.5 Å². The van der Waals surface area contributed by atoms with Gasteiger partial charge in [-0.25, -0.2) is 0 Å². The molecular formula is C63H115N11O12. The van der Waals surface area contributed by atoms with Crippen molar-refractivity contribution in [2.45, 2.75) is 229 Å². The van der Waals surface area contributed by atoms with Gasteiger partial charge in [0.2, 0.25) is 59.1 Å². The second kappa shape index (κ2) is 35.3. The van der Waals surface area contributed by atoms with Gasteiger partial charge in [0.15, 0.2) is 5.78 Å². The van der Waals surface area contributed by atoms with E-state index in [1.165, 1.54) is 87.7 Å². The Labute approximate surface area is 515 Å². The molecule has 0 saturated carbocycles. The molecule has 0 aromatic carbocycles. The third-order valence-corrected chi connectivity index (χ3v) is 17.0. The van der Waals surface area contributed by atoms with Crippen LogP contribution in [0.1, 0.15) is 163 Å². The summed E-state index contributed by atoms with van der Waals surface area (Å²) in [7, 11) is 11.8. The Morgan fingerprint density at radius 3 is 1.30 bits per heavy atom. The molecule has 1 saturated heterocycles. The molecule has 1 aliphatic heterocycles. The number of carbonyl (C=O) groups excluding carboxylic acids is 11. The molecule has 0 aromatic rings. The van der Waals surface area contributed by atoms with Crippen LogP contribution >= 0.6 is 0 Å². The maximum atomic E-state index is 15.2. The first-order chi connectivity index (χ1) is 39.6. The minimum Gasteiger partial charge on any atom is -0.390 e. The van der Waals surface area contributed by atoms with Crippen molar-refractivity contribution < 1.29 is 57.8 Å². The summed E-state index contributed by atoms with van der Waals surface area (Å²) in [6, 6.07) is -12.1. The molecule has 23 nitrogen and oxygen atoms in total. The molecule has 1 fully saturated rings. The highest BCUT2D eigenvalue weighted by Crippen LogP contribution is 2.26. The van der Waals surface area contributed by atoms with E-state index in [0.29, 0.717) is 13.0 Å². The maximum absolute atomic E-state index is 15.2. The number of likely N-dealkylation sites (N-methyl/N-ethyl adjacent to an activating group) is 7. The van der Waals surface area contributed by atoms with E-state index < -0.39 is 155 Å². The van der Waals surface area contributed by atoms with Gasteiger partial charge in [0.05, 0.1) is 12.1 Å². The van der Waals surface area contributed by atoms with E-state index in [1.807, 2.05) is 55.4 Å². The first-order valence-electron chi connectivity index (χ1n) is 31.3. The number of carbonyl (C=O) groups is 11. The molecule has 10 amide bonds. The highest BCUT2D eigenvalue weighted by atomic mass is 16.3. The third-order valence-electron chi connectivity index (χ3n) is 17.0. The van der Waals surface area contributed by atoms with Gasteiger partial charge in [-0.2, -0.15) is 0 Å². The molecule has 1 rings (SSSR count). The lowest BCUT2D eigenvalue weighted by Gasteiger charge is -2.41. The molecule has 0 aromatic heterocycles. The molecule has 1 aliphatic rings. The zero-order chi connectivity index (χ0) is 66.8. The van der Waals surface area contributed by atoms with Crippen LogP contribution in [0, 0.1) is 47.3 Å². The minimum absolute atomic E-state index is 0.0199. The number of Topliss-reactive ketones (excluding diaryl/α,β-unsaturated/α-hetero) is 1. The summed E-state index contributed by atoms with van der Waals surface area (Å²) in [4.78, 5) is 170. The fourth-order valence-corrected chi connectivity index (χ4v) is 11.2. The topological polar surface area (TPSA) is 279 Å². The van der Waals surface area contributed by atoms with Crippen molar-refractivity contribution in [1.29, 1.82) is 0 Å². The summed E-state index contributed by atoms with van der Waals surface area (Å²) in [5.74, 6) is -10.1. The molecule has 5 N–H and O–H groups in total. The van der Waals surface area contributed by atoms with Crippen LogP contribution in [0.15, 0.2) is 0 Å². The lowest BCUT2D eigenvalue weighted by Crippen LogP contribution is -2.64. The highest BCUT2D eigenvalue weighted by molar-refractivity contribution is 6.00. The van der Waals surface area contributed by atoms with Crippen LogP contribution in [0.2, 0.25) is 0 Å². The van der Waals surface area contributed by atoms with Crippen molar-refractivity contribution in [3.05, 3.63) is 0 Å². The first kappa shape index (κ1) is 78.3. The summed E-state index contributed by atoms with van der Waals surface area (Å²) in [5, 5.41) is 23.6. The molecule has 0 bridgehead atoms. The van der Waals surface area contributed by atoms with Crippen molar-refractivity contribution in [2.24, 2.45) is 47.3 Å². The number of rotatable bonds is 16. The summed E-state index contributed by atoms with van der Waals surface area (Å²) in [5.41, 5.74) is 0. The highest BCUT2D eigenvalue weighted by Gasteiger charge is 2.46. The molecule has 13 atom stereocenters. The Morgan fingerprint density at radius 2 is 0.872 bits per heavy atom. The molecule has 23 heteroatoms. The zero-order valence-electron chi connectivity index (χ0n) is 57.2. The summed E-state index contributed by atoms with van der Waals surface area (Å²) < 4.78 is 0. The molecule has 86 heavy (non-hydrogen) atoms. The van der Waals surface area contributed by atoms with Gasteiger partial charge in [0.25, 0.3) is 0 Å². The van der Waals surface area contributed by atoms with Crippen molar-refractivity contribution in [3.63, 3.8) is 0 Å². The predicted octanol–water partition coefficient (Wildman–Crippen LogP) is 3.39. The lowest BCUT2D eigenvalue weighted by atomic mass is 9.91. The summed E-state index contributed by atoms with van der Waals surface area (Å²) in [6.07, 6.45) is -0.735. The van der Waals surface area contributed by atoms with E-state index in [-0.39, 0.29) is 62.2 Å². The van der Waals surface area contributed by atoms with Crippen molar-refractivity contribution >= 4 is 64.9 Å². The maximum Gasteiger partial charge on any atom is 0.246 e. The largest absolute Gasteiger partial charge is 0.390 e. The van der Waals surface area contributed by atoms with Gasteiger partial charge in [-0.05, 0) is 107 Å². The predicted molar refractivity (Wildman–Crippen MR) is 333 cm³/mol. The second-order valence-electron chi connectivity index (χ2n) is 26.9. The van der Waals surface area contributed by atoms with Crippen LogP contribution in [0.4, 0.5) is 0 Å². The normalized spacial score (nSPS) is 27.6. The monoisotopic (exact) mass is 1220 g/mol. The molecule has 0 spiro atoms. The Hall–Kier alpha value is -5.71. The third kappa shape index (κ3) is 21.3. The summed E-state index contributed by atoms with van der Waals surface area (Å²) >= 11 is 0. The second-order valence-corrected chi connectivity index (χ2v) is 26.9. The number of nitrogens with one attached hydrogen (secondary N) is 4. The molecular weight excluding hydrogens is 1100 g/mol.